The van der Waals surface area contributed by atoms with Crippen LogP contribution in [0, 0.1) is 0 Å². The van der Waals surface area contributed by atoms with Crippen LogP contribution in [-0.4, -0.2) is 20.2 Å². The molecule has 1 aromatic carbocycles. The maximum atomic E-state index is 9.26. The largest absolute Gasteiger partial charge is 0.508 e. The minimum atomic E-state index is 0.194. The first-order valence-corrected chi connectivity index (χ1v) is 6.05. The lowest BCUT2D eigenvalue weighted by atomic mass is 10.2. The summed E-state index contributed by atoms with van der Waals surface area (Å²) >= 11 is 0. The van der Waals surface area contributed by atoms with Gasteiger partial charge in [0.05, 0.1) is 5.69 Å². The van der Waals surface area contributed by atoms with Crippen molar-refractivity contribution in [1.29, 1.82) is 0 Å². The van der Waals surface area contributed by atoms with Gasteiger partial charge in [-0.15, -0.1) is 0 Å². The van der Waals surface area contributed by atoms with Gasteiger partial charge in [-0.1, -0.05) is 5.16 Å². The SMILES string of the molecule is NCc1cc(-c2nc(-c3ccc(O)cc3)no2)ccn1. The van der Waals surface area contributed by atoms with E-state index in [1.54, 1.807) is 36.5 Å². The van der Waals surface area contributed by atoms with E-state index in [1.807, 2.05) is 6.07 Å². The summed E-state index contributed by atoms with van der Waals surface area (Å²) in [5, 5.41) is 13.2. The quantitative estimate of drug-likeness (QED) is 0.753. The Morgan fingerprint density at radius 2 is 1.90 bits per heavy atom. The molecule has 3 aromatic rings. The van der Waals surface area contributed by atoms with Crippen molar-refractivity contribution in [3.63, 3.8) is 0 Å². The molecular weight excluding hydrogens is 256 g/mol. The fraction of sp³-hybridized carbons (Fsp3) is 0.0714. The number of aromatic nitrogens is 3. The molecule has 0 saturated carbocycles. The molecule has 2 heterocycles. The van der Waals surface area contributed by atoms with E-state index in [0.717, 1.165) is 16.8 Å². The molecule has 0 aliphatic carbocycles. The van der Waals surface area contributed by atoms with Crippen LogP contribution in [0.5, 0.6) is 5.75 Å². The summed E-state index contributed by atoms with van der Waals surface area (Å²) in [4.78, 5) is 8.44. The Morgan fingerprint density at radius 3 is 2.65 bits per heavy atom. The Balaban J connectivity index is 1.95. The minimum Gasteiger partial charge on any atom is -0.508 e. The number of hydrogen-bond donors (Lipinski definition) is 2. The van der Waals surface area contributed by atoms with Gasteiger partial charge in [0, 0.05) is 23.9 Å². The Morgan fingerprint density at radius 1 is 1.10 bits per heavy atom. The van der Waals surface area contributed by atoms with Crippen LogP contribution in [-0.2, 0) is 6.54 Å². The van der Waals surface area contributed by atoms with Gasteiger partial charge in [0.1, 0.15) is 5.75 Å². The van der Waals surface area contributed by atoms with Crippen molar-refractivity contribution >= 4 is 0 Å². The molecule has 0 unspecified atom stereocenters. The predicted molar refractivity (Wildman–Crippen MR) is 72.5 cm³/mol. The second kappa shape index (κ2) is 5.10. The number of phenolic OH excluding ortho intramolecular Hbond substituents is 1. The van der Waals surface area contributed by atoms with E-state index in [1.165, 1.54) is 0 Å². The molecule has 0 spiro atoms. The van der Waals surface area contributed by atoms with Crippen LogP contribution < -0.4 is 5.73 Å². The highest BCUT2D eigenvalue weighted by Crippen LogP contribution is 2.23. The van der Waals surface area contributed by atoms with E-state index in [4.69, 9.17) is 10.3 Å². The second-order valence-electron chi connectivity index (χ2n) is 4.21. The number of benzene rings is 1. The van der Waals surface area contributed by atoms with E-state index >= 15 is 0 Å². The molecule has 6 heteroatoms. The van der Waals surface area contributed by atoms with Crippen molar-refractivity contribution in [3.05, 3.63) is 48.3 Å². The van der Waals surface area contributed by atoms with Crippen LogP contribution in [0.4, 0.5) is 0 Å². The van der Waals surface area contributed by atoms with Crippen molar-refractivity contribution < 1.29 is 9.63 Å². The summed E-state index contributed by atoms with van der Waals surface area (Å²) < 4.78 is 5.24. The lowest BCUT2D eigenvalue weighted by Crippen LogP contribution is -1.98. The predicted octanol–water partition coefficient (Wildman–Crippen LogP) is 1.96. The van der Waals surface area contributed by atoms with Crippen LogP contribution in [0.15, 0.2) is 47.1 Å². The lowest BCUT2D eigenvalue weighted by molar-refractivity contribution is 0.432. The molecule has 3 rings (SSSR count). The molecule has 0 aliphatic heterocycles. The van der Waals surface area contributed by atoms with Crippen molar-refractivity contribution in [2.45, 2.75) is 6.54 Å². The average Bonchev–Trinajstić information content (AvgIpc) is 2.98. The summed E-state index contributed by atoms with van der Waals surface area (Å²) in [6.45, 7) is 0.354. The molecule has 2 aromatic heterocycles. The number of phenols is 1. The fourth-order valence-electron chi connectivity index (χ4n) is 1.79. The number of rotatable bonds is 3. The highest BCUT2D eigenvalue weighted by Gasteiger charge is 2.11. The van der Waals surface area contributed by atoms with Gasteiger partial charge in [-0.3, -0.25) is 4.98 Å². The molecule has 0 aliphatic rings. The van der Waals surface area contributed by atoms with E-state index in [0.29, 0.717) is 18.3 Å². The molecule has 3 N–H and O–H groups in total. The van der Waals surface area contributed by atoms with Gasteiger partial charge in [-0.2, -0.15) is 4.98 Å². The zero-order valence-electron chi connectivity index (χ0n) is 10.5. The summed E-state index contributed by atoms with van der Waals surface area (Å²) in [5.41, 5.74) is 7.86. The zero-order valence-corrected chi connectivity index (χ0v) is 10.5. The Bertz CT molecular complexity index is 722. The number of nitrogens with two attached hydrogens (primary N) is 1. The van der Waals surface area contributed by atoms with Crippen molar-refractivity contribution in [2.75, 3.05) is 0 Å². The first-order valence-electron chi connectivity index (χ1n) is 6.05. The Kier molecular flexibility index (Phi) is 3.14. The van der Waals surface area contributed by atoms with Crippen LogP contribution in [0.25, 0.3) is 22.8 Å². The zero-order chi connectivity index (χ0) is 13.9. The summed E-state index contributed by atoms with van der Waals surface area (Å²) in [7, 11) is 0. The Hall–Kier alpha value is -2.73. The van der Waals surface area contributed by atoms with Gasteiger partial charge in [0.25, 0.3) is 5.89 Å². The smallest absolute Gasteiger partial charge is 0.258 e. The standard InChI is InChI=1S/C14H12N4O2/c15-8-11-7-10(5-6-16-11)14-17-13(18-20-14)9-1-3-12(19)4-2-9/h1-7,19H,8,15H2. The molecule has 0 bridgehead atoms. The number of nitrogens with zero attached hydrogens (tertiary/aromatic N) is 3. The summed E-state index contributed by atoms with van der Waals surface area (Å²) in [6, 6.07) is 10.2. The molecule has 0 atom stereocenters. The van der Waals surface area contributed by atoms with Crippen molar-refractivity contribution in [1.82, 2.24) is 15.1 Å². The number of pyridine rings is 1. The van der Waals surface area contributed by atoms with Crippen molar-refractivity contribution in [3.8, 4) is 28.6 Å². The summed E-state index contributed by atoms with van der Waals surface area (Å²) in [6.07, 6.45) is 1.65. The highest BCUT2D eigenvalue weighted by molar-refractivity contribution is 5.60. The van der Waals surface area contributed by atoms with Crippen LogP contribution in [0.2, 0.25) is 0 Å². The van der Waals surface area contributed by atoms with Crippen LogP contribution in [0.1, 0.15) is 5.69 Å². The number of aromatic hydroxyl groups is 1. The second-order valence-corrected chi connectivity index (χ2v) is 4.21. The molecule has 20 heavy (non-hydrogen) atoms. The van der Waals surface area contributed by atoms with Gasteiger partial charge in [0.15, 0.2) is 0 Å². The maximum absolute atomic E-state index is 9.26. The first-order chi connectivity index (χ1) is 9.76. The fourth-order valence-corrected chi connectivity index (χ4v) is 1.79. The Labute approximate surface area is 114 Å². The van der Waals surface area contributed by atoms with Gasteiger partial charge in [-0.05, 0) is 36.4 Å². The molecule has 0 amide bonds. The van der Waals surface area contributed by atoms with E-state index in [2.05, 4.69) is 15.1 Å². The molecule has 0 saturated heterocycles. The third-order valence-corrected chi connectivity index (χ3v) is 2.82. The highest BCUT2D eigenvalue weighted by atomic mass is 16.5. The van der Waals surface area contributed by atoms with E-state index < -0.39 is 0 Å². The molecular formula is C14H12N4O2. The van der Waals surface area contributed by atoms with Crippen LogP contribution in [0.3, 0.4) is 0 Å². The van der Waals surface area contributed by atoms with Gasteiger partial charge in [-0.25, -0.2) is 0 Å². The summed E-state index contributed by atoms with van der Waals surface area (Å²) in [5.74, 6) is 1.07. The lowest BCUT2D eigenvalue weighted by Gasteiger charge is -1.97. The maximum Gasteiger partial charge on any atom is 0.258 e. The number of hydrogen-bond acceptors (Lipinski definition) is 6. The van der Waals surface area contributed by atoms with Crippen LogP contribution >= 0.6 is 0 Å². The van der Waals surface area contributed by atoms with E-state index in [9.17, 15) is 5.11 Å². The van der Waals surface area contributed by atoms with Gasteiger partial charge in [0.2, 0.25) is 5.82 Å². The van der Waals surface area contributed by atoms with Crippen molar-refractivity contribution in [2.24, 2.45) is 5.73 Å². The molecule has 100 valence electrons. The first kappa shape index (κ1) is 12.3. The topological polar surface area (TPSA) is 98.1 Å². The monoisotopic (exact) mass is 268 g/mol. The third kappa shape index (κ3) is 2.36. The third-order valence-electron chi connectivity index (χ3n) is 2.82. The van der Waals surface area contributed by atoms with E-state index in [-0.39, 0.29) is 5.75 Å². The molecule has 0 radical (unpaired) electrons. The normalized spacial score (nSPS) is 10.7. The van der Waals surface area contributed by atoms with Gasteiger partial charge >= 0.3 is 0 Å². The average molecular weight is 268 g/mol. The molecule has 6 nitrogen and oxygen atoms in total. The molecule has 0 fully saturated rings. The minimum absolute atomic E-state index is 0.194. The van der Waals surface area contributed by atoms with Gasteiger partial charge < -0.3 is 15.4 Å².